The zero-order valence-electron chi connectivity index (χ0n) is 9.67. The smallest absolute Gasteiger partial charge is 0.254 e. The molecule has 0 atom stereocenters. The average molecular weight is 244 g/mol. The van der Waals surface area contributed by atoms with Crippen molar-refractivity contribution in [3.8, 4) is 0 Å². The zero-order chi connectivity index (χ0) is 11.1. The molecule has 1 aliphatic carbocycles. The molecule has 1 fully saturated rings. The third kappa shape index (κ3) is 2.13. The summed E-state index contributed by atoms with van der Waals surface area (Å²) in [4.78, 5) is 18.8. The number of nitrogens with two attached hydrogens (primary N) is 1. The first-order valence-corrected chi connectivity index (χ1v) is 5.40. The number of hydrogen-bond acceptors (Lipinski definition) is 3. The minimum Gasteiger partial charge on any atom is -0.319 e. The first-order valence-electron chi connectivity index (χ1n) is 5.40. The molecule has 0 amide bonds. The van der Waals surface area contributed by atoms with Crippen molar-refractivity contribution < 1.29 is 0 Å². The SMILES string of the molecule is Cc1nc(C2(N)CCCC2)[nH]c(=O)c1C.Cl. The van der Waals surface area contributed by atoms with Crippen molar-refractivity contribution in [1.29, 1.82) is 0 Å². The van der Waals surface area contributed by atoms with Crippen molar-refractivity contribution in [3.63, 3.8) is 0 Å². The van der Waals surface area contributed by atoms with Crippen LogP contribution in [0.3, 0.4) is 0 Å². The third-order valence-electron chi connectivity index (χ3n) is 3.36. The highest BCUT2D eigenvalue weighted by molar-refractivity contribution is 5.85. The first-order chi connectivity index (χ1) is 7.03. The Bertz CT molecular complexity index is 435. The summed E-state index contributed by atoms with van der Waals surface area (Å²) in [5.74, 6) is 0.660. The van der Waals surface area contributed by atoms with Crippen LogP contribution in [0, 0.1) is 13.8 Å². The lowest BCUT2D eigenvalue weighted by Crippen LogP contribution is -2.37. The first kappa shape index (κ1) is 13.2. The van der Waals surface area contributed by atoms with Crippen LogP contribution in [0.15, 0.2) is 4.79 Å². The van der Waals surface area contributed by atoms with Crippen LogP contribution in [0.25, 0.3) is 0 Å². The van der Waals surface area contributed by atoms with E-state index in [2.05, 4.69) is 9.97 Å². The second-order valence-electron chi connectivity index (χ2n) is 4.49. The fraction of sp³-hybridized carbons (Fsp3) is 0.636. The Morgan fingerprint density at radius 1 is 1.31 bits per heavy atom. The highest BCUT2D eigenvalue weighted by atomic mass is 35.5. The van der Waals surface area contributed by atoms with E-state index in [0.717, 1.165) is 31.4 Å². The second kappa shape index (κ2) is 4.55. The summed E-state index contributed by atoms with van der Waals surface area (Å²) < 4.78 is 0. The van der Waals surface area contributed by atoms with E-state index in [1.807, 2.05) is 6.92 Å². The maximum Gasteiger partial charge on any atom is 0.254 e. The largest absolute Gasteiger partial charge is 0.319 e. The molecule has 0 bridgehead atoms. The van der Waals surface area contributed by atoms with Gasteiger partial charge in [-0.1, -0.05) is 12.8 Å². The molecule has 16 heavy (non-hydrogen) atoms. The van der Waals surface area contributed by atoms with Crippen molar-refractivity contribution in [3.05, 3.63) is 27.4 Å². The van der Waals surface area contributed by atoms with Crippen LogP contribution in [0.4, 0.5) is 0 Å². The van der Waals surface area contributed by atoms with E-state index < -0.39 is 5.54 Å². The topological polar surface area (TPSA) is 71.8 Å². The van der Waals surface area contributed by atoms with Crippen molar-refractivity contribution >= 4 is 12.4 Å². The minimum atomic E-state index is -0.405. The number of aromatic amines is 1. The molecule has 0 aromatic carbocycles. The number of hydrogen-bond donors (Lipinski definition) is 2. The van der Waals surface area contributed by atoms with E-state index in [0.29, 0.717) is 11.4 Å². The van der Waals surface area contributed by atoms with Gasteiger partial charge in [0.2, 0.25) is 0 Å². The molecule has 1 saturated carbocycles. The summed E-state index contributed by atoms with van der Waals surface area (Å²) in [7, 11) is 0. The molecular weight excluding hydrogens is 226 g/mol. The fourth-order valence-electron chi connectivity index (χ4n) is 2.12. The second-order valence-corrected chi connectivity index (χ2v) is 4.49. The van der Waals surface area contributed by atoms with Crippen LogP contribution >= 0.6 is 12.4 Å². The van der Waals surface area contributed by atoms with Crippen LogP contribution in [-0.2, 0) is 5.54 Å². The van der Waals surface area contributed by atoms with Gasteiger partial charge in [0.25, 0.3) is 5.56 Å². The third-order valence-corrected chi connectivity index (χ3v) is 3.36. The Hall–Kier alpha value is -0.870. The van der Waals surface area contributed by atoms with Crippen molar-refractivity contribution in [2.45, 2.75) is 45.1 Å². The van der Waals surface area contributed by atoms with Gasteiger partial charge in [-0.15, -0.1) is 12.4 Å². The normalized spacial score (nSPS) is 18.2. The van der Waals surface area contributed by atoms with Gasteiger partial charge in [0.15, 0.2) is 0 Å². The van der Waals surface area contributed by atoms with Gasteiger partial charge < -0.3 is 10.7 Å². The summed E-state index contributed by atoms with van der Waals surface area (Å²) in [6.07, 6.45) is 4.07. The molecule has 2 rings (SSSR count). The van der Waals surface area contributed by atoms with Crippen LogP contribution in [-0.4, -0.2) is 9.97 Å². The highest BCUT2D eigenvalue weighted by Gasteiger charge is 2.33. The van der Waals surface area contributed by atoms with Crippen molar-refractivity contribution in [2.75, 3.05) is 0 Å². The van der Waals surface area contributed by atoms with Gasteiger partial charge in [0.05, 0.1) is 5.54 Å². The maximum atomic E-state index is 11.6. The van der Waals surface area contributed by atoms with E-state index in [-0.39, 0.29) is 18.0 Å². The molecule has 0 saturated heterocycles. The van der Waals surface area contributed by atoms with Gasteiger partial charge >= 0.3 is 0 Å². The monoisotopic (exact) mass is 243 g/mol. The summed E-state index contributed by atoms with van der Waals surface area (Å²) in [5, 5.41) is 0. The van der Waals surface area contributed by atoms with E-state index in [4.69, 9.17) is 5.73 Å². The Morgan fingerprint density at radius 3 is 2.38 bits per heavy atom. The Morgan fingerprint density at radius 2 is 1.88 bits per heavy atom. The molecule has 1 aromatic rings. The lowest BCUT2D eigenvalue weighted by Gasteiger charge is -2.22. The molecule has 0 spiro atoms. The van der Waals surface area contributed by atoms with Crippen LogP contribution in [0.1, 0.15) is 42.8 Å². The molecule has 3 N–H and O–H groups in total. The molecule has 0 unspecified atom stereocenters. The Balaban J connectivity index is 0.00000128. The zero-order valence-corrected chi connectivity index (χ0v) is 10.5. The maximum absolute atomic E-state index is 11.6. The minimum absolute atomic E-state index is 0. The summed E-state index contributed by atoms with van der Waals surface area (Å²) >= 11 is 0. The molecule has 4 nitrogen and oxygen atoms in total. The average Bonchev–Trinajstić information content (AvgIpc) is 2.62. The molecule has 1 heterocycles. The van der Waals surface area contributed by atoms with Crippen LogP contribution in [0.2, 0.25) is 0 Å². The van der Waals surface area contributed by atoms with Gasteiger partial charge in [0, 0.05) is 11.3 Å². The molecule has 0 radical (unpaired) electrons. The van der Waals surface area contributed by atoms with Gasteiger partial charge in [0.1, 0.15) is 5.82 Å². The van der Waals surface area contributed by atoms with Gasteiger partial charge in [-0.3, -0.25) is 4.79 Å². The Kier molecular flexibility index (Phi) is 3.76. The summed E-state index contributed by atoms with van der Waals surface area (Å²) in [6, 6.07) is 0. The lowest BCUT2D eigenvalue weighted by atomic mass is 9.98. The molecule has 5 heteroatoms. The number of aromatic nitrogens is 2. The van der Waals surface area contributed by atoms with Crippen molar-refractivity contribution in [2.24, 2.45) is 5.73 Å². The predicted octanol–water partition coefficient (Wildman–Crippen LogP) is 1.54. The van der Waals surface area contributed by atoms with E-state index in [9.17, 15) is 4.79 Å². The number of nitrogens with one attached hydrogen (secondary N) is 1. The molecule has 90 valence electrons. The molecular formula is C11H18ClN3O. The predicted molar refractivity (Wildman–Crippen MR) is 65.9 cm³/mol. The van der Waals surface area contributed by atoms with Crippen LogP contribution < -0.4 is 11.3 Å². The number of nitrogens with zero attached hydrogens (tertiary/aromatic N) is 1. The van der Waals surface area contributed by atoms with E-state index in [1.54, 1.807) is 6.92 Å². The summed E-state index contributed by atoms with van der Waals surface area (Å²) in [6.45, 7) is 3.63. The fourth-order valence-corrected chi connectivity index (χ4v) is 2.12. The quantitative estimate of drug-likeness (QED) is 0.786. The van der Waals surface area contributed by atoms with Crippen molar-refractivity contribution in [1.82, 2.24) is 9.97 Å². The number of rotatable bonds is 1. The van der Waals surface area contributed by atoms with Gasteiger partial charge in [-0.25, -0.2) is 4.98 Å². The number of halogens is 1. The molecule has 1 aliphatic rings. The standard InChI is InChI=1S/C11H17N3O.ClH/c1-7-8(2)13-10(14-9(7)15)11(12)5-3-4-6-11;/h3-6,12H2,1-2H3,(H,13,14,15);1H. The van der Waals surface area contributed by atoms with Crippen LogP contribution in [0.5, 0.6) is 0 Å². The lowest BCUT2D eigenvalue weighted by molar-refractivity contribution is 0.428. The van der Waals surface area contributed by atoms with Gasteiger partial charge in [-0.05, 0) is 26.7 Å². The van der Waals surface area contributed by atoms with E-state index >= 15 is 0 Å². The summed E-state index contributed by atoms with van der Waals surface area (Å²) in [5.41, 5.74) is 7.23. The van der Waals surface area contributed by atoms with Gasteiger partial charge in [-0.2, -0.15) is 0 Å². The molecule has 0 aliphatic heterocycles. The molecule has 1 aromatic heterocycles. The number of H-pyrrole nitrogens is 1. The van der Waals surface area contributed by atoms with E-state index in [1.165, 1.54) is 0 Å². The number of aryl methyl sites for hydroxylation is 1. The Labute approximate surface area is 101 Å². The highest BCUT2D eigenvalue weighted by Crippen LogP contribution is 2.33.